The maximum atomic E-state index is 2.56. The van der Waals surface area contributed by atoms with Crippen LogP contribution < -0.4 is 26.2 Å². The van der Waals surface area contributed by atoms with Gasteiger partial charge >= 0.3 is 0 Å². The molecule has 0 aromatic heterocycles. The lowest BCUT2D eigenvalue weighted by Gasteiger charge is -2.50. The Balaban J connectivity index is 1.44. The molecule has 0 amide bonds. The minimum Gasteiger partial charge on any atom is -0.311 e. The predicted molar refractivity (Wildman–Crippen MR) is 157 cm³/mol. The van der Waals surface area contributed by atoms with Gasteiger partial charge in [-0.05, 0) is 63.9 Å². The number of nitrogens with zero attached hydrogens (tertiary/aromatic N) is 2. The Kier molecular flexibility index (Phi) is 3.66. The third kappa shape index (κ3) is 2.32. The number of benzene rings is 5. The van der Waals surface area contributed by atoms with Crippen LogP contribution in [0.25, 0.3) is 0 Å². The van der Waals surface area contributed by atoms with Gasteiger partial charge in [-0.3, -0.25) is 0 Å². The van der Waals surface area contributed by atoms with Crippen LogP contribution in [-0.2, 0) is 5.41 Å². The van der Waals surface area contributed by atoms with Gasteiger partial charge in [-0.25, -0.2) is 0 Å². The van der Waals surface area contributed by atoms with E-state index in [9.17, 15) is 0 Å². The van der Waals surface area contributed by atoms with Crippen molar-refractivity contribution in [2.45, 2.75) is 29.1 Å². The minimum absolute atomic E-state index is 0.0703. The molecule has 5 aromatic carbocycles. The first-order valence-electron chi connectivity index (χ1n) is 13.0. The molecule has 4 heterocycles. The zero-order chi connectivity index (χ0) is 24.5. The van der Waals surface area contributed by atoms with Crippen molar-refractivity contribution in [2.75, 3.05) is 9.80 Å². The minimum atomic E-state index is -0.0703. The molecule has 0 bridgehead atoms. The molecule has 0 saturated heterocycles. The lowest BCUT2D eigenvalue weighted by molar-refractivity contribution is 0.632. The van der Waals surface area contributed by atoms with Crippen molar-refractivity contribution in [3.8, 4) is 0 Å². The number of hydrogen-bond donors (Lipinski definition) is 0. The van der Waals surface area contributed by atoms with Gasteiger partial charge in [0, 0.05) is 32.3 Å². The van der Waals surface area contributed by atoms with Crippen LogP contribution in [0.5, 0.6) is 0 Å². The Labute approximate surface area is 221 Å². The third-order valence-corrected chi connectivity index (χ3v) is 9.93. The molecule has 9 rings (SSSR count). The van der Waals surface area contributed by atoms with E-state index in [-0.39, 0.29) is 12.1 Å². The van der Waals surface area contributed by atoms with Crippen molar-refractivity contribution in [3.05, 3.63) is 114 Å². The summed E-state index contributed by atoms with van der Waals surface area (Å²) in [6.45, 7) is 4.96. The van der Waals surface area contributed by atoms with Crippen LogP contribution >= 0.6 is 11.8 Å². The molecule has 5 aromatic rings. The van der Waals surface area contributed by atoms with Crippen molar-refractivity contribution in [1.29, 1.82) is 0 Å². The number of rotatable bonds is 0. The summed E-state index contributed by atoms with van der Waals surface area (Å²) < 4.78 is 0. The number of fused-ring (bicyclic) bond motifs is 8. The monoisotopic (exact) mass is 490 g/mol. The first kappa shape index (κ1) is 20.2. The highest BCUT2D eigenvalue weighted by atomic mass is 32.2. The van der Waals surface area contributed by atoms with Crippen LogP contribution in [0.15, 0.2) is 113 Å². The van der Waals surface area contributed by atoms with Crippen molar-refractivity contribution >= 4 is 69.0 Å². The summed E-state index contributed by atoms with van der Waals surface area (Å²) >= 11 is 1.90. The Morgan fingerprint density at radius 1 is 0.541 bits per heavy atom. The summed E-state index contributed by atoms with van der Waals surface area (Å²) in [6.07, 6.45) is 0. The molecule has 0 radical (unpaired) electrons. The molecule has 0 unspecified atom stereocenters. The van der Waals surface area contributed by atoms with Crippen molar-refractivity contribution in [2.24, 2.45) is 0 Å². The van der Waals surface area contributed by atoms with Crippen LogP contribution in [-0.4, -0.2) is 6.71 Å². The van der Waals surface area contributed by atoms with Crippen LogP contribution in [0, 0.1) is 0 Å². The predicted octanol–water partition coefficient (Wildman–Crippen LogP) is 6.87. The standard InChI is InChI=1S/C33H23BN2S/c1-33(2)20-10-3-4-14-24(20)35-26-16-9-17-27-30(26)34(22-12-7-11-21(33)31(22)35)23-13-8-19-29-32(23)36(27)25-15-5-6-18-28(25)37-29/h3-19H,1-2H3. The fraction of sp³-hybridized carbons (Fsp3) is 0.0909. The van der Waals surface area contributed by atoms with Crippen LogP contribution in [0.3, 0.4) is 0 Å². The quantitative estimate of drug-likeness (QED) is 0.214. The van der Waals surface area contributed by atoms with Gasteiger partial charge in [-0.1, -0.05) is 92.3 Å². The van der Waals surface area contributed by atoms with Crippen LogP contribution in [0.4, 0.5) is 34.1 Å². The smallest absolute Gasteiger partial charge is 0.252 e. The molecule has 2 nitrogen and oxygen atoms in total. The van der Waals surface area contributed by atoms with Gasteiger partial charge < -0.3 is 9.80 Å². The van der Waals surface area contributed by atoms with Gasteiger partial charge in [-0.2, -0.15) is 0 Å². The van der Waals surface area contributed by atoms with Gasteiger partial charge in [0.2, 0.25) is 0 Å². The highest BCUT2D eigenvalue weighted by Gasteiger charge is 2.48. The molecule has 4 aliphatic rings. The number of anilines is 6. The van der Waals surface area contributed by atoms with E-state index < -0.39 is 0 Å². The van der Waals surface area contributed by atoms with Crippen molar-refractivity contribution < 1.29 is 0 Å². The second-order valence-corrected chi connectivity index (χ2v) is 12.0. The third-order valence-electron chi connectivity index (χ3n) is 8.81. The maximum absolute atomic E-state index is 2.56. The summed E-state index contributed by atoms with van der Waals surface area (Å²) in [6, 6.07) is 38.6. The Hall–Kier alpha value is -3.89. The first-order valence-corrected chi connectivity index (χ1v) is 13.8. The molecule has 4 heteroatoms. The van der Waals surface area contributed by atoms with E-state index in [1.54, 1.807) is 0 Å². The molecule has 174 valence electrons. The fourth-order valence-corrected chi connectivity index (χ4v) is 8.38. The summed E-state index contributed by atoms with van der Waals surface area (Å²) in [4.78, 5) is 7.73. The van der Waals surface area contributed by atoms with Crippen LogP contribution in [0.1, 0.15) is 25.0 Å². The van der Waals surface area contributed by atoms with E-state index in [4.69, 9.17) is 0 Å². The number of para-hydroxylation sites is 4. The molecule has 0 aliphatic carbocycles. The van der Waals surface area contributed by atoms with E-state index in [1.165, 1.54) is 71.4 Å². The zero-order valence-corrected chi connectivity index (χ0v) is 21.5. The Bertz CT molecular complexity index is 1820. The van der Waals surface area contributed by atoms with Gasteiger partial charge in [-0.15, -0.1) is 0 Å². The molecular formula is C33H23BN2S. The Morgan fingerprint density at radius 2 is 1.11 bits per heavy atom. The SMILES string of the molecule is CC1(C)c2ccccc2N2c3cccc4c3B(c3cccc5c3N4c3ccccc3S5)c3cccc1c32. The molecule has 0 N–H and O–H groups in total. The van der Waals surface area contributed by atoms with E-state index in [2.05, 4.69) is 127 Å². The lowest BCUT2D eigenvalue weighted by atomic mass is 9.33. The van der Waals surface area contributed by atoms with Gasteiger partial charge in [0.1, 0.15) is 0 Å². The van der Waals surface area contributed by atoms with E-state index in [1.807, 2.05) is 11.8 Å². The second-order valence-electron chi connectivity index (χ2n) is 11.0. The molecule has 0 atom stereocenters. The Morgan fingerprint density at radius 3 is 1.95 bits per heavy atom. The van der Waals surface area contributed by atoms with Crippen LogP contribution in [0.2, 0.25) is 0 Å². The van der Waals surface area contributed by atoms with Gasteiger partial charge in [0.05, 0.1) is 17.1 Å². The normalized spacial score (nSPS) is 16.3. The summed E-state index contributed by atoms with van der Waals surface area (Å²) in [5.41, 5.74) is 14.9. The molecule has 0 fully saturated rings. The van der Waals surface area contributed by atoms with Gasteiger partial charge in [0.25, 0.3) is 6.71 Å². The largest absolute Gasteiger partial charge is 0.311 e. The lowest BCUT2D eigenvalue weighted by Crippen LogP contribution is -2.62. The second kappa shape index (κ2) is 6.70. The topological polar surface area (TPSA) is 6.48 Å². The average Bonchev–Trinajstić information content (AvgIpc) is 2.93. The van der Waals surface area contributed by atoms with Gasteiger partial charge in [0.15, 0.2) is 0 Å². The van der Waals surface area contributed by atoms with E-state index in [0.29, 0.717) is 0 Å². The molecule has 0 spiro atoms. The van der Waals surface area contributed by atoms with E-state index in [0.717, 1.165) is 0 Å². The summed E-state index contributed by atoms with van der Waals surface area (Å²) in [7, 11) is 0. The first-order chi connectivity index (χ1) is 18.1. The molecular weight excluding hydrogens is 467 g/mol. The van der Waals surface area contributed by atoms with E-state index >= 15 is 0 Å². The maximum Gasteiger partial charge on any atom is 0.252 e. The average molecular weight is 490 g/mol. The zero-order valence-electron chi connectivity index (χ0n) is 20.7. The molecule has 4 aliphatic heterocycles. The number of hydrogen-bond acceptors (Lipinski definition) is 3. The summed E-state index contributed by atoms with van der Waals surface area (Å²) in [5, 5.41) is 0. The molecule has 0 saturated carbocycles. The van der Waals surface area contributed by atoms with Crippen molar-refractivity contribution in [3.63, 3.8) is 0 Å². The summed E-state index contributed by atoms with van der Waals surface area (Å²) in [5.74, 6) is 0. The molecule has 37 heavy (non-hydrogen) atoms. The van der Waals surface area contributed by atoms with Crippen molar-refractivity contribution in [1.82, 2.24) is 0 Å². The highest BCUT2D eigenvalue weighted by molar-refractivity contribution is 7.99. The fourth-order valence-electron chi connectivity index (χ4n) is 7.28. The highest BCUT2D eigenvalue weighted by Crippen LogP contribution is 2.56.